The fourth-order valence-corrected chi connectivity index (χ4v) is 3.56. The van der Waals surface area contributed by atoms with Crippen molar-refractivity contribution in [3.63, 3.8) is 0 Å². The van der Waals surface area contributed by atoms with Crippen molar-refractivity contribution in [3.05, 3.63) is 35.9 Å². The standard InChI is InChI=1S/C16H24N2S/c1-13(15-10-6-3-7-11-15)18-16(17)19-12-14-8-4-2-5-9-14/h3,6-7,10-11,13-14H,2,4-5,8-9,12H2,1H3,(H2,17,18)/t13-/m1/s1. The summed E-state index contributed by atoms with van der Waals surface area (Å²) in [6, 6.07) is 10.5. The molecule has 1 aliphatic carbocycles. The summed E-state index contributed by atoms with van der Waals surface area (Å²) in [5.41, 5.74) is 7.27. The van der Waals surface area contributed by atoms with Crippen molar-refractivity contribution in [1.82, 2.24) is 0 Å². The Morgan fingerprint density at radius 2 is 1.95 bits per heavy atom. The first-order chi connectivity index (χ1) is 9.25. The van der Waals surface area contributed by atoms with Gasteiger partial charge >= 0.3 is 0 Å². The number of aliphatic imine (C=N–C) groups is 1. The molecule has 2 nitrogen and oxygen atoms in total. The minimum Gasteiger partial charge on any atom is -0.379 e. The van der Waals surface area contributed by atoms with Crippen molar-refractivity contribution in [3.8, 4) is 0 Å². The molecular weight excluding hydrogens is 252 g/mol. The lowest BCUT2D eigenvalue weighted by Gasteiger charge is -2.20. The first kappa shape index (κ1) is 14.4. The number of thioether (sulfide) groups is 1. The molecule has 1 fully saturated rings. The highest BCUT2D eigenvalue weighted by molar-refractivity contribution is 8.13. The van der Waals surface area contributed by atoms with Gasteiger partial charge in [0.1, 0.15) is 0 Å². The molecule has 0 aliphatic heterocycles. The third kappa shape index (κ3) is 4.90. The maximum atomic E-state index is 6.04. The molecule has 1 atom stereocenters. The van der Waals surface area contributed by atoms with Gasteiger partial charge in [-0.1, -0.05) is 61.4 Å². The normalized spacial score (nSPS) is 19.3. The molecule has 2 rings (SSSR count). The molecule has 0 spiro atoms. The van der Waals surface area contributed by atoms with E-state index in [2.05, 4.69) is 24.0 Å². The summed E-state index contributed by atoms with van der Waals surface area (Å²) in [5, 5.41) is 0.738. The lowest BCUT2D eigenvalue weighted by Crippen LogP contribution is -2.14. The molecule has 0 bridgehead atoms. The second kappa shape index (κ2) is 7.59. The Labute approximate surface area is 120 Å². The van der Waals surface area contributed by atoms with Crippen LogP contribution in [0.25, 0.3) is 0 Å². The number of nitrogens with zero attached hydrogens (tertiary/aromatic N) is 1. The second-order valence-corrected chi connectivity index (χ2v) is 6.41. The Bertz CT molecular complexity index is 396. The van der Waals surface area contributed by atoms with E-state index in [4.69, 9.17) is 5.73 Å². The van der Waals surface area contributed by atoms with Crippen LogP contribution in [0, 0.1) is 5.92 Å². The topological polar surface area (TPSA) is 38.4 Å². The van der Waals surface area contributed by atoms with Crippen molar-refractivity contribution in [2.24, 2.45) is 16.6 Å². The zero-order valence-corrected chi connectivity index (χ0v) is 12.5. The SMILES string of the molecule is C[C@@H](N=C(N)SCC1CCCCC1)c1ccccc1. The second-order valence-electron chi connectivity index (χ2n) is 5.37. The van der Waals surface area contributed by atoms with Gasteiger partial charge in [-0.2, -0.15) is 0 Å². The fourth-order valence-electron chi connectivity index (χ4n) is 2.59. The zero-order chi connectivity index (χ0) is 13.5. The number of benzene rings is 1. The highest BCUT2D eigenvalue weighted by Crippen LogP contribution is 2.27. The molecule has 19 heavy (non-hydrogen) atoms. The van der Waals surface area contributed by atoms with Crippen molar-refractivity contribution in [2.45, 2.75) is 45.1 Å². The van der Waals surface area contributed by atoms with Crippen LogP contribution in [0.3, 0.4) is 0 Å². The molecule has 2 N–H and O–H groups in total. The van der Waals surface area contributed by atoms with Gasteiger partial charge < -0.3 is 5.73 Å². The summed E-state index contributed by atoms with van der Waals surface area (Å²) in [4.78, 5) is 4.59. The Morgan fingerprint density at radius 1 is 1.26 bits per heavy atom. The predicted octanol–water partition coefficient (Wildman–Crippen LogP) is 4.38. The molecule has 0 amide bonds. The molecule has 0 unspecified atom stereocenters. The summed E-state index contributed by atoms with van der Waals surface area (Å²) in [7, 11) is 0. The van der Waals surface area contributed by atoms with Crippen LogP contribution in [-0.4, -0.2) is 10.9 Å². The van der Waals surface area contributed by atoms with Gasteiger partial charge in [0.2, 0.25) is 0 Å². The summed E-state index contributed by atoms with van der Waals surface area (Å²) in [6.07, 6.45) is 6.93. The number of amidine groups is 1. The van der Waals surface area contributed by atoms with Crippen LogP contribution < -0.4 is 5.73 Å². The highest BCUT2D eigenvalue weighted by Gasteiger charge is 2.14. The van der Waals surface area contributed by atoms with Gasteiger partial charge in [0.05, 0.1) is 6.04 Å². The Hall–Kier alpha value is -0.960. The third-order valence-electron chi connectivity index (χ3n) is 3.79. The Morgan fingerprint density at radius 3 is 2.63 bits per heavy atom. The molecule has 1 aliphatic rings. The van der Waals surface area contributed by atoms with E-state index in [9.17, 15) is 0 Å². The van der Waals surface area contributed by atoms with E-state index in [0.29, 0.717) is 0 Å². The predicted molar refractivity (Wildman–Crippen MR) is 85.5 cm³/mol. The molecule has 0 aromatic heterocycles. The van der Waals surface area contributed by atoms with E-state index in [-0.39, 0.29) is 6.04 Å². The van der Waals surface area contributed by atoms with E-state index in [1.54, 1.807) is 11.8 Å². The number of hydrogen-bond donors (Lipinski definition) is 1. The molecule has 0 heterocycles. The van der Waals surface area contributed by atoms with Crippen LogP contribution >= 0.6 is 11.8 Å². The molecule has 0 radical (unpaired) electrons. The highest BCUT2D eigenvalue weighted by atomic mass is 32.2. The van der Waals surface area contributed by atoms with Crippen LogP contribution in [-0.2, 0) is 0 Å². The van der Waals surface area contributed by atoms with E-state index < -0.39 is 0 Å². The van der Waals surface area contributed by atoms with E-state index in [0.717, 1.165) is 16.8 Å². The summed E-state index contributed by atoms with van der Waals surface area (Å²) < 4.78 is 0. The van der Waals surface area contributed by atoms with Gasteiger partial charge in [0, 0.05) is 5.75 Å². The summed E-state index contributed by atoms with van der Waals surface area (Å²) in [5.74, 6) is 1.98. The zero-order valence-electron chi connectivity index (χ0n) is 11.7. The maximum Gasteiger partial charge on any atom is 0.154 e. The van der Waals surface area contributed by atoms with Crippen molar-refractivity contribution < 1.29 is 0 Å². The van der Waals surface area contributed by atoms with Gasteiger partial charge in [-0.15, -0.1) is 0 Å². The molecule has 1 saturated carbocycles. The smallest absolute Gasteiger partial charge is 0.154 e. The Kier molecular flexibility index (Phi) is 5.77. The monoisotopic (exact) mass is 276 g/mol. The molecule has 1 aromatic carbocycles. The molecule has 0 saturated heterocycles. The number of rotatable bonds is 4. The van der Waals surface area contributed by atoms with Gasteiger partial charge in [-0.05, 0) is 31.2 Å². The van der Waals surface area contributed by atoms with Crippen molar-refractivity contribution in [1.29, 1.82) is 0 Å². The minimum absolute atomic E-state index is 0.153. The maximum absolute atomic E-state index is 6.04. The fraction of sp³-hybridized carbons (Fsp3) is 0.562. The van der Waals surface area contributed by atoms with E-state index in [1.807, 2.05) is 18.2 Å². The summed E-state index contributed by atoms with van der Waals surface area (Å²) in [6.45, 7) is 2.10. The first-order valence-electron chi connectivity index (χ1n) is 7.26. The molecule has 1 aromatic rings. The van der Waals surface area contributed by atoms with Gasteiger partial charge in [-0.3, -0.25) is 4.99 Å². The van der Waals surface area contributed by atoms with Crippen LogP contribution in [0.15, 0.2) is 35.3 Å². The van der Waals surface area contributed by atoms with Crippen LogP contribution in [0.5, 0.6) is 0 Å². The molecule has 3 heteroatoms. The van der Waals surface area contributed by atoms with Crippen LogP contribution in [0.1, 0.15) is 50.6 Å². The largest absolute Gasteiger partial charge is 0.379 e. The minimum atomic E-state index is 0.153. The van der Waals surface area contributed by atoms with E-state index in [1.165, 1.54) is 37.7 Å². The van der Waals surface area contributed by atoms with Gasteiger partial charge in [0.15, 0.2) is 5.17 Å². The average Bonchev–Trinajstić information content (AvgIpc) is 2.47. The van der Waals surface area contributed by atoms with Gasteiger partial charge in [0.25, 0.3) is 0 Å². The lowest BCUT2D eigenvalue weighted by atomic mass is 9.91. The van der Waals surface area contributed by atoms with Crippen molar-refractivity contribution in [2.75, 3.05) is 5.75 Å². The van der Waals surface area contributed by atoms with Crippen LogP contribution in [0.4, 0.5) is 0 Å². The van der Waals surface area contributed by atoms with E-state index >= 15 is 0 Å². The first-order valence-corrected chi connectivity index (χ1v) is 8.25. The quantitative estimate of drug-likeness (QED) is 0.655. The summed E-state index contributed by atoms with van der Waals surface area (Å²) >= 11 is 1.73. The Balaban J connectivity index is 1.81. The number of hydrogen-bond acceptors (Lipinski definition) is 2. The van der Waals surface area contributed by atoms with Gasteiger partial charge in [-0.25, -0.2) is 0 Å². The lowest BCUT2D eigenvalue weighted by molar-refractivity contribution is 0.391. The molecular formula is C16H24N2S. The van der Waals surface area contributed by atoms with Crippen molar-refractivity contribution >= 4 is 16.9 Å². The average molecular weight is 276 g/mol. The third-order valence-corrected chi connectivity index (χ3v) is 4.83. The molecule has 104 valence electrons. The van der Waals surface area contributed by atoms with Crippen LogP contribution in [0.2, 0.25) is 0 Å². The number of nitrogens with two attached hydrogens (primary N) is 1.